The molecule has 1 aromatic rings. The first-order valence-corrected chi connectivity index (χ1v) is 5.75. The van der Waals surface area contributed by atoms with E-state index in [1.807, 2.05) is 19.1 Å². The zero-order valence-corrected chi connectivity index (χ0v) is 11.2. The summed E-state index contributed by atoms with van der Waals surface area (Å²) in [5.74, 6) is 1.23. The van der Waals surface area contributed by atoms with Gasteiger partial charge in [-0.05, 0) is 24.6 Å². The summed E-state index contributed by atoms with van der Waals surface area (Å²) in [6.07, 6.45) is 0. The number of methoxy groups -OCH3 is 2. The lowest BCUT2D eigenvalue weighted by Crippen LogP contribution is -2.37. The Morgan fingerprint density at radius 2 is 2.05 bits per heavy atom. The van der Waals surface area contributed by atoms with Crippen LogP contribution in [0.3, 0.4) is 0 Å². The summed E-state index contributed by atoms with van der Waals surface area (Å²) in [5, 5.41) is 13.5. The molecule has 1 unspecified atom stereocenters. The molecule has 2 amide bonds. The SMILES string of the molecule is COc1ccc(C(C)NC(=O)NCC#N)cc1OC. The summed E-state index contributed by atoms with van der Waals surface area (Å²) in [4.78, 5) is 11.4. The first-order chi connectivity index (χ1) is 9.12. The van der Waals surface area contributed by atoms with Crippen LogP contribution in [-0.4, -0.2) is 26.8 Å². The lowest BCUT2D eigenvalue weighted by molar-refractivity contribution is 0.239. The number of hydrogen-bond donors (Lipinski definition) is 2. The lowest BCUT2D eigenvalue weighted by Gasteiger charge is -2.16. The van der Waals surface area contributed by atoms with Crippen LogP contribution < -0.4 is 20.1 Å². The van der Waals surface area contributed by atoms with Crippen LogP contribution in [0, 0.1) is 11.3 Å². The van der Waals surface area contributed by atoms with Crippen molar-refractivity contribution >= 4 is 6.03 Å². The highest BCUT2D eigenvalue weighted by molar-refractivity contribution is 5.74. The highest BCUT2D eigenvalue weighted by Gasteiger charge is 2.12. The van der Waals surface area contributed by atoms with Gasteiger partial charge in [0, 0.05) is 0 Å². The molecule has 19 heavy (non-hydrogen) atoms. The van der Waals surface area contributed by atoms with Gasteiger partial charge in [0.25, 0.3) is 0 Å². The fourth-order valence-corrected chi connectivity index (χ4v) is 1.57. The van der Waals surface area contributed by atoms with Crippen molar-refractivity contribution in [3.05, 3.63) is 23.8 Å². The normalized spacial score (nSPS) is 11.1. The molecule has 102 valence electrons. The van der Waals surface area contributed by atoms with Gasteiger partial charge in [0.05, 0.1) is 26.3 Å². The maximum atomic E-state index is 11.4. The predicted octanol–water partition coefficient (Wildman–Crippen LogP) is 1.59. The Bertz CT molecular complexity index is 483. The molecule has 0 aliphatic carbocycles. The molecule has 1 rings (SSSR count). The van der Waals surface area contributed by atoms with E-state index in [-0.39, 0.29) is 18.6 Å². The standard InChI is InChI=1S/C13H17N3O3/c1-9(16-13(17)15-7-6-14)10-4-5-11(18-2)12(8-10)19-3/h4-5,8-9H,7H2,1-3H3,(H2,15,16,17). The van der Waals surface area contributed by atoms with Crippen molar-refractivity contribution < 1.29 is 14.3 Å². The lowest BCUT2D eigenvalue weighted by atomic mass is 10.1. The molecular formula is C13H17N3O3. The van der Waals surface area contributed by atoms with E-state index in [9.17, 15) is 4.79 Å². The smallest absolute Gasteiger partial charge is 0.316 e. The predicted molar refractivity (Wildman–Crippen MR) is 70.1 cm³/mol. The van der Waals surface area contributed by atoms with E-state index in [2.05, 4.69) is 10.6 Å². The van der Waals surface area contributed by atoms with Crippen molar-refractivity contribution in [3.63, 3.8) is 0 Å². The van der Waals surface area contributed by atoms with Crippen molar-refractivity contribution in [2.75, 3.05) is 20.8 Å². The molecule has 0 heterocycles. The first-order valence-electron chi connectivity index (χ1n) is 5.75. The van der Waals surface area contributed by atoms with Gasteiger partial charge in [0.15, 0.2) is 11.5 Å². The molecule has 0 bridgehead atoms. The van der Waals surface area contributed by atoms with Crippen molar-refractivity contribution in [1.29, 1.82) is 5.26 Å². The molecule has 0 saturated carbocycles. The number of rotatable bonds is 5. The molecule has 1 atom stereocenters. The van der Waals surface area contributed by atoms with Crippen molar-refractivity contribution in [2.24, 2.45) is 0 Å². The summed E-state index contributed by atoms with van der Waals surface area (Å²) in [5.41, 5.74) is 0.879. The molecule has 6 heteroatoms. The van der Waals surface area contributed by atoms with Gasteiger partial charge in [0.1, 0.15) is 6.54 Å². The molecule has 0 spiro atoms. The quantitative estimate of drug-likeness (QED) is 0.790. The van der Waals surface area contributed by atoms with Crippen LogP contribution in [0.2, 0.25) is 0 Å². The summed E-state index contributed by atoms with van der Waals surface area (Å²) in [6.45, 7) is 1.82. The van der Waals surface area contributed by atoms with Gasteiger partial charge in [-0.2, -0.15) is 5.26 Å². The van der Waals surface area contributed by atoms with Gasteiger partial charge in [-0.15, -0.1) is 0 Å². The van der Waals surface area contributed by atoms with Gasteiger partial charge >= 0.3 is 6.03 Å². The fraction of sp³-hybridized carbons (Fsp3) is 0.385. The van der Waals surface area contributed by atoms with Crippen molar-refractivity contribution in [2.45, 2.75) is 13.0 Å². The number of hydrogen-bond acceptors (Lipinski definition) is 4. The van der Waals surface area contributed by atoms with Crippen LogP contribution in [0.4, 0.5) is 4.79 Å². The summed E-state index contributed by atoms with van der Waals surface area (Å²) >= 11 is 0. The zero-order valence-electron chi connectivity index (χ0n) is 11.2. The van der Waals surface area contributed by atoms with Crippen LogP contribution in [0.25, 0.3) is 0 Å². The number of nitriles is 1. The topological polar surface area (TPSA) is 83.4 Å². The van der Waals surface area contributed by atoms with E-state index >= 15 is 0 Å². The molecule has 2 N–H and O–H groups in total. The summed E-state index contributed by atoms with van der Waals surface area (Å²) in [6, 6.07) is 6.66. The van der Waals surface area contributed by atoms with Crippen LogP contribution in [0.1, 0.15) is 18.5 Å². The maximum Gasteiger partial charge on any atom is 0.316 e. The number of nitrogens with zero attached hydrogens (tertiary/aromatic N) is 1. The Hall–Kier alpha value is -2.42. The Balaban J connectivity index is 2.74. The number of nitrogens with one attached hydrogen (secondary N) is 2. The van der Waals surface area contributed by atoms with Crippen LogP contribution in [-0.2, 0) is 0 Å². The minimum atomic E-state index is -0.385. The number of carbonyl (C=O) groups excluding carboxylic acids is 1. The third-order valence-corrected chi connectivity index (χ3v) is 2.58. The summed E-state index contributed by atoms with van der Waals surface area (Å²) < 4.78 is 10.3. The molecular weight excluding hydrogens is 246 g/mol. The number of benzene rings is 1. The molecule has 1 aromatic carbocycles. The second kappa shape index (κ2) is 7.11. The van der Waals surface area contributed by atoms with Gasteiger partial charge in [0.2, 0.25) is 0 Å². The maximum absolute atomic E-state index is 11.4. The average molecular weight is 263 g/mol. The van der Waals surface area contributed by atoms with E-state index in [0.29, 0.717) is 11.5 Å². The highest BCUT2D eigenvalue weighted by atomic mass is 16.5. The zero-order chi connectivity index (χ0) is 14.3. The molecule has 6 nitrogen and oxygen atoms in total. The van der Waals surface area contributed by atoms with Crippen LogP contribution in [0.5, 0.6) is 11.5 Å². The third-order valence-electron chi connectivity index (χ3n) is 2.58. The first kappa shape index (κ1) is 14.6. The van der Waals surface area contributed by atoms with E-state index in [4.69, 9.17) is 14.7 Å². The van der Waals surface area contributed by atoms with Gasteiger partial charge in [-0.25, -0.2) is 4.79 Å². The number of amides is 2. The Labute approximate surface area is 112 Å². The third kappa shape index (κ3) is 4.07. The number of urea groups is 1. The molecule has 0 fully saturated rings. The molecule has 0 aliphatic heterocycles. The van der Waals surface area contributed by atoms with Crippen LogP contribution in [0.15, 0.2) is 18.2 Å². The Morgan fingerprint density at radius 3 is 2.63 bits per heavy atom. The van der Waals surface area contributed by atoms with E-state index in [1.165, 1.54) is 0 Å². The van der Waals surface area contributed by atoms with E-state index in [0.717, 1.165) is 5.56 Å². The second-order valence-electron chi connectivity index (χ2n) is 3.82. The minimum absolute atomic E-state index is 0.0233. The number of carbonyl (C=O) groups is 1. The van der Waals surface area contributed by atoms with Crippen LogP contribution >= 0.6 is 0 Å². The largest absolute Gasteiger partial charge is 0.493 e. The summed E-state index contributed by atoms with van der Waals surface area (Å²) in [7, 11) is 3.12. The molecule has 0 aromatic heterocycles. The minimum Gasteiger partial charge on any atom is -0.493 e. The Morgan fingerprint density at radius 1 is 1.37 bits per heavy atom. The monoisotopic (exact) mass is 263 g/mol. The second-order valence-corrected chi connectivity index (χ2v) is 3.82. The highest BCUT2D eigenvalue weighted by Crippen LogP contribution is 2.29. The van der Waals surface area contributed by atoms with Gasteiger partial charge in [-0.1, -0.05) is 6.07 Å². The van der Waals surface area contributed by atoms with E-state index < -0.39 is 0 Å². The molecule has 0 radical (unpaired) electrons. The Kier molecular flexibility index (Phi) is 5.48. The van der Waals surface area contributed by atoms with Gasteiger partial charge < -0.3 is 20.1 Å². The average Bonchev–Trinajstić information content (AvgIpc) is 2.44. The van der Waals surface area contributed by atoms with Gasteiger partial charge in [-0.3, -0.25) is 0 Å². The molecule has 0 aliphatic rings. The van der Waals surface area contributed by atoms with Crippen molar-refractivity contribution in [3.8, 4) is 17.6 Å². The van der Waals surface area contributed by atoms with E-state index in [1.54, 1.807) is 26.4 Å². The fourth-order valence-electron chi connectivity index (χ4n) is 1.57. The molecule has 0 saturated heterocycles. The number of ether oxygens (including phenoxy) is 2. The van der Waals surface area contributed by atoms with Crippen molar-refractivity contribution in [1.82, 2.24) is 10.6 Å².